The number of aromatic nitrogens is 1. The van der Waals surface area contributed by atoms with Gasteiger partial charge in [-0.05, 0) is 50.1 Å². The Balaban J connectivity index is 1.56. The second-order valence-electron chi connectivity index (χ2n) is 5.68. The zero-order chi connectivity index (χ0) is 14.5. The highest BCUT2D eigenvalue weighted by Crippen LogP contribution is 2.43. The number of ether oxygens (including phenoxy) is 1. The first kappa shape index (κ1) is 14.1. The number of para-hydroxylation sites is 1. The van der Waals surface area contributed by atoms with Gasteiger partial charge in [-0.3, -0.25) is 9.88 Å². The van der Waals surface area contributed by atoms with Crippen LogP contribution < -0.4 is 4.74 Å². The van der Waals surface area contributed by atoms with Crippen molar-refractivity contribution in [3.63, 3.8) is 0 Å². The Morgan fingerprint density at radius 1 is 1.14 bits per heavy atom. The predicted octanol–water partition coefficient (Wildman–Crippen LogP) is 3.54. The van der Waals surface area contributed by atoms with Crippen molar-refractivity contribution in [3.8, 4) is 5.75 Å². The third kappa shape index (κ3) is 3.82. The highest BCUT2D eigenvalue weighted by atomic mass is 16.5. The minimum Gasteiger partial charge on any atom is -0.492 e. The number of nitrogens with zero attached hydrogens (tertiary/aromatic N) is 2. The minimum absolute atomic E-state index is 0.422. The maximum absolute atomic E-state index is 5.80. The van der Waals surface area contributed by atoms with Crippen molar-refractivity contribution >= 4 is 0 Å². The summed E-state index contributed by atoms with van der Waals surface area (Å²) < 4.78 is 5.80. The van der Waals surface area contributed by atoms with Crippen LogP contribution in [-0.2, 0) is 0 Å². The highest BCUT2D eigenvalue weighted by Gasteiger charge is 2.35. The normalized spacial score (nSPS) is 15.9. The van der Waals surface area contributed by atoms with E-state index >= 15 is 0 Å². The molecule has 0 unspecified atom stereocenters. The van der Waals surface area contributed by atoms with Crippen LogP contribution in [0.25, 0.3) is 0 Å². The minimum atomic E-state index is 0.422. The maximum Gasteiger partial charge on any atom is 0.119 e. The standard InChI is InChI=1S/C18H22N2O/c1-20(13-14-21-16-7-3-2-4-8-16)18(15-10-11-15)17-9-5-6-12-19-17/h2-9,12,15,18H,10-11,13-14H2,1H3/t18-/m0/s1. The van der Waals surface area contributed by atoms with Gasteiger partial charge in [-0.25, -0.2) is 0 Å². The summed E-state index contributed by atoms with van der Waals surface area (Å²) in [5.41, 5.74) is 1.18. The second kappa shape index (κ2) is 6.72. The van der Waals surface area contributed by atoms with E-state index < -0.39 is 0 Å². The summed E-state index contributed by atoms with van der Waals surface area (Å²) in [5, 5.41) is 0. The van der Waals surface area contributed by atoms with Gasteiger partial charge in [0.25, 0.3) is 0 Å². The van der Waals surface area contributed by atoms with Gasteiger partial charge in [0.1, 0.15) is 12.4 Å². The largest absolute Gasteiger partial charge is 0.492 e. The zero-order valence-corrected chi connectivity index (χ0v) is 12.5. The van der Waals surface area contributed by atoms with E-state index in [1.165, 1.54) is 18.5 Å². The summed E-state index contributed by atoms with van der Waals surface area (Å²) in [6.07, 6.45) is 4.51. The van der Waals surface area contributed by atoms with Crippen LogP contribution in [0.15, 0.2) is 54.7 Å². The lowest BCUT2D eigenvalue weighted by molar-refractivity contribution is 0.174. The van der Waals surface area contributed by atoms with E-state index in [2.05, 4.69) is 29.1 Å². The molecule has 0 amide bonds. The molecule has 1 atom stereocenters. The first-order chi connectivity index (χ1) is 10.3. The molecule has 1 aliphatic rings. The Morgan fingerprint density at radius 3 is 2.57 bits per heavy atom. The van der Waals surface area contributed by atoms with Crippen LogP contribution in [0.5, 0.6) is 5.75 Å². The fourth-order valence-electron chi connectivity index (χ4n) is 2.75. The second-order valence-corrected chi connectivity index (χ2v) is 5.68. The Hall–Kier alpha value is -1.87. The van der Waals surface area contributed by atoms with Crippen molar-refractivity contribution < 1.29 is 4.74 Å². The van der Waals surface area contributed by atoms with Gasteiger partial charge in [0.05, 0.1) is 11.7 Å². The fourth-order valence-corrected chi connectivity index (χ4v) is 2.75. The first-order valence-electron chi connectivity index (χ1n) is 7.63. The van der Waals surface area contributed by atoms with E-state index in [0.29, 0.717) is 12.6 Å². The van der Waals surface area contributed by atoms with E-state index in [0.717, 1.165) is 18.2 Å². The molecule has 2 aromatic rings. The molecule has 1 aromatic heterocycles. The fraction of sp³-hybridized carbons (Fsp3) is 0.389. The van der Waals surface area contributed by atoms with Crippen molar-refractivity contribution in [1.29, 1.82) is 0 Å². The van der Waals surface area contributed by atoms with Crippen LogP contribution in [0.3, 0.4) is 0 Å². The Morgan fingerprint density at radius 2 is 1.90 bits per heavy atom. The van der Waals surface area contributed by atoms with Crippen molar-refractivity contribution in [3.05, 3.63) is 60.4 Å². The van der Waals surface area contributed by atoms with Crippen LogP contribution in [0.4, 0.5) is 0 Å². The Bertz CT molecular complexity index is 540. The number of rotatable bonds is 7. The molecule has 21 heavy (non-hydrogen) atoms. The van der Waals surface area contributed by atoms with E-state index in [9.17, 15) is 0 Å². The Kier molecular flexibility index (Phi) is 4.51. The molecule has 1 aliphatic carbocycles. The predicted molar refractivity (Wildman–Crippen MR) is 84.3 cm³/mol. The molecule has 1 saturated carbocycles. The van der Waals surface area contributed by atoms with E-state index in [4.69, 9.17) is 4.74 Å². The number of pyridine rings is 1. The zero-order valence-electron chi connectivity index (χ0n) is 12.5. The average Bonchev–Trinajstić information content (AvgIpc) is 3.34. The SMILES string of the molecule is CN(CCOc1ccccc1)[C@H](c1ccccn1)C1CC1. The average molecular weight is 282 g/mol. The van der Waals surface area contributed by atoms with Crippen LogP contribution in [0.2, 0.25) is 0 Å². The maximum atomic E-state index is 5.80. The molecule has 0 spiro atoms. The van der Waals surface area contributed by atoms with E-state index in [1.807, 2.05) is 42.6 Å². The summed E-state index contributed by atoms with van der Waals surface area (Å²) in [7, 11) is 2.17. The quantitative estimate of drug-likeness (QED) is 0.776. The molecule has 1 heterocycles. The molecule has 1 aromatic carbocycles. The molecule has 0 bridgehead atoms. The molecule has 0 N–H and O–H groups in total. The molecule has 3 rings (SSSR count). The summed E-state index contributed by atoms with van der Waals surface area (Å²) in [6, 6.07) is 16.6. The molecular weight excluding hydrogens is 260 g/mol. The lowest BCUT2D eigenvalue weighted by Gasteiger charge is -2.27. The smallest absolute Gasteiger partial charge is 0.119 e. The molecule has 110 valence electrons. The number of hydrogen-bond acceptors (Lipinski definition) is 3. The van der Waals surface area contributed by atoms with Gasteiger partial charge >= 0.3 is 0 Å². The van der Waals surface area contributed by atoms with Gasteiger partial charge in [-0.15, -0.1) is 0 Å². The van der Waals surface area contributed by atoms with Gasteiger partial charge < -0.3 is 4.74 Å². The van der Waals surface area contributed by atoms with Gasteiger partial charge in [0.15, 0.2) is 0 Å². The van der Waals surface area contributed by atoms with Crippen LogP contribution in [0, 0.1) is 5.92 Å². The van der Waals surface area contributed by atoms with Gasteiger partial charge in [0.2, 0.25) is 0 Å². The molecule has 0 saturated heterocycles. The summed E-state index contributed by atoms with van der Waals surface area (Å²) in [4.78, 5) is 6.92. The van der Waals surface area contributed by atoms with Crippen LogP contribution >= 0.6 is 0 Å². The number of hydrogen-bond donors (Lipinski definition) is 0. The van der Waals surface area contributed by atoms with E-state index in [-0.39, 0.29) is 0 Å². The monoisotopic (exact) mass is 282 g/mol. The summed E-state index contributed by atoms with van der Waals surface area (Å²) >= 11 is 0. The van der Waals surface area contributed by atoms with Crippen LogP contribution in [0.1, 0.15) is 24.6 Å². The number of benzene rings is 1. The van der Waals surface area contributed by atoms with E-state index in [1.54, 1.807) is 0 Å². The van der Waals surface area contributed by atoms with Crippen LogP contribution in [-0.4, -0.2) is 30.1 Å². The van der Waals surface area contributed by atoms with Gasteiger partial charge in [-0.2, -0.15) is 0 Å². The third-order valence-electron chi connectivity index (χ3n) is 3.99. The van der Waals surface area contributed by atoms with Crippen molar-refractivity contribution in [1.82, 2.24) is 9.88 Å². The van der Waals surface area contributed by atoms with Gasteiger partial charge in [-0.1, -0.05) is 24.3 Å². The molecular formula is C18H22N2O. The summed E-state index contributed by atoms with van der Waals surface area (Å²) in [5.74, 6) is 1.69. The summed E-state index contributed by atoms with van der Waals surface area (Å²) in [6.45, 7) is 1.61. The van der Waals surface area contributed by atoms with Crippen molar-refractivity contribution in [2.45, 2.75) is 18.9 Å². The first-order valence-corrected chi connectivity index (χ1v) is 7.63. The Labute approximate surface area is 126 Å². The molecule has 0 radical (unpaired) electrons. The van der Waals surface area contributed by atoms with Crippen molar-refractivity contribution in [2.75, 3.05) is 20.2 Å². The topological polar surface area (TPSA) is 25.4 Å². The molecule has 0 aliphatic heterocycles. The molecule has 1 fully saturated rings. The lowest BCUT2D eigenvalue weighted by atomic mass is 10.1. The lowest BCUT2D eigenvalue weighted by Crippen LogP contribution is -2.30. The number of likely N-dealkylation sites (N-methyl/N-ethyl adjacent to an activating group) is 1. The molecule has 3 nitrogen and oxygen atoms in total. The highest BCUT2D eigenvalue weighted by molar-refractivity contribution is 5.20. The third-order valence-corrected chi connectivity index (χ3v) is 3.99. The van der Waals surface area contributed by atoms with Gasteiger partial charge in [0, 0.05) is 12.7 Å². The van der Waals surface area contributed by atoms with Crippen molar-refractivity contribution in [2.24, 2.45) is 5.92 Å². The molecule has 3 heteroatoms.